The van der Waals surface area contributed by atoms with Gasteiger partial charge in [0.1, 0.15) is 5.58 Å². The van der Waals surface area contributed by atoms with Gasteiger partial charge in [0, 0.05) is 25.1 Å². The summed E-state index contributed by atoms with van der Waals surface area (Å²) in [4.78, 5) is 12.0. The number of benzene rings is 1. The van der Waals surface area contributed by atoms with Crippen LogP contribution in [0.5, 0.6) is 0 Å². The highest BCUT2D eigenvalue weighted by Crippen LogP contribution is 2.20. The highest BCUT2D eigenvalue weighted by molar-refractivity contribution is 5.96. The third-order valence-corrected chi connectivity index (χ3v) is 3.29. The van der Waals surface area contributed by atoms with Crippen molar-refractivity contribution < 1.29 is 13.9 Å². The molecule has 114 valence electrons. The molecule has 1 aromatic heterocycles. The highest BCUT2D eigenvalue weighted by atomic mass is 16.5. The van der Waals surface area contributed by atoms with Gasteiger partial charge in [-0.3, -0.25) is 4.79 Å². The first kappa shape index (κ1) is 15.6. The summed E-state index contributed by atoms with van der Waals surface area (Å²) >= 11 is 0. The molecule has 0 atom stereocenters. The van der Waals surface area contributed by atoms with E-state index in [9.17, 15) is 4.79 Å². The molecule has 21 heavy (non-hydrogen) atoms. The molecular formula is C17H23NO3. The minimum absolute atomic E-state index is 0.169. The summed E-state index contributed by atoms with van der Waals surface area (Å²) in [5.74, 6) is 0.194. The zero-order valence-electron chi connectivity index (χ0n) is 12.8. The summed E-state index contributed by atoms with van der Waals surface area (Å²) in [6.45, 7) is 6.21. The van der Waals surface area contributed by atoms with Crippen molar-refractivity contribution in [3.8, 4) is 0 Å². The highest BCUT2D eigenvalue weighted by Gasteiger charge is 2.11. The van der Waals surface area contributed by atoms with Crippen LogP contribution in [0, 0.1) is 6.92 Å². The average Bonchev–Trinajstić information content (AvgIpc) is 2.89. The van der Waals surface area contributed by atoms with Crippen LogP contribution in [0.4, 0.5) is 0 Å². The topological polar surface area (TPSA) is 51.5 Å². The van der Waals surface area contributed by atoms with Crippen molar-refractivity contribution in [2.45, 2.75) is 33.1 Å². The molecule has 1 aromatic carbocycles. The monoisotopic (exact) mass is 289 g/mol. The smallest absolute Gasteiger partial charge is 0.287 e. The maximum absolute atomic E-state index is 12.0. The van der Waals surface area contributed by atoms with Gasteiger partial charge >= 0.3 is 0 Å². The molecule has 0 aliphatic heterocycles. The maximum atomic E-state index is 12.0. The Bertz CT molecular complexity index is 589. The van der Waals surface area contributed by atoms with E-state index in [0.717, 1.165) is 42.4 Å². The third kappa shape index (κ3) is 4.60. The molecule has 4 nitrogen and oxygen atoms in total. The van der Waals surface area contributed by atoms with E-state index in [1.54, 1.807) is 6.07 Å². The van der Waals surface area contributed by atoms with E-state index in [-0.39, 0.29) is 5.91 Å². The molecule has 1 heterocycles. The number of ether oxygens (including phenoxy) is 1. The Morgan fingerprint density at radius 1 is 1.24 bits per heavy atom. The van der Waals surface area contributed by atoms with Gasteiger partial charge in [-0.1, -0.05) is 25.5 Å². The molecule has 1 amide bonds. The number of unbranched alkanes of at least 4 members (excludes halogenated alkanes) is 1. The van der Waals surface area contributed by atoms with Crippen LogP contribution in [0.2, 0.25) is 0 Å². The quantitative estimate of drug-likeness (QED) is 0.754. The summed E-state index contributed by atoms with van der Waals surface area (Å²) in [5.41, 5.74) is 1.87. The third-order valence-electron chi connectivity index (χ3n) is 3.29. The molecule has 0 unspecified atom stereocenters. The van der Waals surface area contributed by atoms with Gasteiger partial charge in [-0.2, -0.15) is 0 Å². The zero-order valence-corrected chi connectivity index (χ0v) is 12.8. The Balaban J connectivity index is 1.77. The predicted molar refractivity (Wildman–Crippen MR) is 83.6 cm³/mol. The average molecular weight is 289 g/mol. The minimum Gasteiger partial charge on any atom is -0.451 e. The SMILES string of the molecule is CCCCOCCCNC(=O)c1cc2ccc(C)cc2o1. The van der Waals surface area contributed by atoms with Crippen LogP contribution in [-0.2, 0) is 4.74 Å². The van der Waals surface area contributed by atoms with E-state index in [2.05, 4.69) is 12.2 Å². The molecule has 0 bridgehead atoms. The molecule has 0 aliphatic carbocycles. The largest absolute Gasteiger partial charge is 0.451 e. The van der Waals surface area contributed by atoms with Gasteiger partial charge < -0.3 is 14.5 Å². The molecule has 0 saturated carbocycles. The molecule has 0 aliphatic rings. The lowest BCUT2D eigenvalue weighted by Crippen LogP contribution is -2.24. The fraction of sp³-hybridized carbons (Fsp3) is 0.471. The number of amides is 1. The van der Waals surface area contributed by atoms with Crippen LogP contribution in [-0.4, -0.2) is 25.7 Å². The molecule has 4 heteroatoms. The Morgan fingerprint density at radius 2 is 2.05 bits per heavy atom. The fourth-order valence-electron chi connectivity index (χ4n) is 2.06. The van der Waals surface area contributed by atoms with Crippen molar-refractivity contribution in [3.63, 3.8) is 0 Å². The first-order chi connectivity index (χ1) is 10.2. The summed E-state index contributed by atoms with van der Waals surface area (Å²) in [6.07, 6.45) is 3.04. The van der Waals surface area contributed by atoms with Crippen LogP contribution in [0.25, 0.3) is 11.0 Å². The van der Waals surface area contributed by atoms with Gasteiger partial charge in [0.05, 0.1) is 0 Å². The molecule has 2 aromatic rings. The van der Waals surface area contributed by atoms with Crippen molar-refractivity contribution in [3.05, 3.63) is 35.6 Å². The lowest BCUT2D eigenvalue weighted by atomic mass is 10.2. The van der Waals surface area contributed by atoms with Crippen LogP contribution >= 0.6 is 0 Å². The Morgan fingerprint density at radius 3 is 2.86 bits per heavy atom. The number of carbonyl (C=O) groups is 1. The number of hydrogen-bond donors (Lipinski definition) is 1. The normalized spacial score (nSPS) is 11.0. The molecule has 2 rings (SSSR count). The number of carbonyl (C=O) groups excluding carboxylic acids is 1. The lowest BCUT2D eigenvalue weighted by molar-refractivity contribution is 0.0915. The number of furan rings is 1. The van der Waals surface area contributed by atoms with E-state index < -0.39 is 0 Å². The van der Waals surface area contributed by atoms with Gasteiger partial charge in [-0.25, -0.2) is 0 Å². The van der Waals surface area contributed by atoms with Crippen LogP contribution in [0.15, 0.2) is 28.7 Å². The number of aryl methyl sites for hydroxylation is 1. The standard InChI is InChI=1S/C17H23NO3/c1-3-4-9-20-10-5-8-18-17(19)16-12-14-7-6-13(2)11-15(14)21-16/h6-7,11-12H,3-5,8-10H2,1-2H3,(H,18,19). The van der Waals surface area contributed by atoms with Crippen molar-refractivity contribution >= 4 is 16.9 Å². The van der Waals surface area contributed by atoms with Crippen molar-refractivity contribution in [1.29, 1.82) is 0 Å². The minimum atomic E-state index is -0.169. The number of rotatable bonds is 8. The van der Waals surface area contributed by atoms with E-state index in [0.29, 0.717) is 18.9 Å². The first-order valence-electron chi connectivity index (χ1n) is 7.57. The second-order valence-electron chi connectivity index (χ2n) is 5.23. The van der Waals surface area contributed by atoms with E-state index >= 15 is 0 Å². The molecule has 0 radical (unpaired) electrons. The van der Waals surface area contributed by atoms with E-state index in [4.69, 9.17) is 9.15 Å². The van der Waals surface area contributed by atoms with Crippen molar-refractivity contribution in [1.82, 2.24) is 5.32 Å². The maximum Gasteiger partial charge on any atom is 0.287 e. The number of nitrogens with one attached hydrogen (secondary N) is 1. The first-order valence-corrected chi connectivity index (χ1v) is 7.57. The summed E-state index contributed by atoms with van der Waals surface area (Å²) in [6, 6.07) is 7.69. The van der Waals surface area contributed by atoms with Gasteiger partial charge in [-0.05, 0) is 37.5 Å². The van der Waals surface area contributed by atoms with E-state index in [1.165, 1.54) is 0 Å². The van der Waals surface area contributed by atoms with Crippen LogP contribution in [0.1, 0.15) is 42.3 Å². The summed E-state index contributed by atoms with van der Waals surface area (Å²) in [5, 5.41) is 3.81. The molecule has 0 saturated heterocycles. The second kappa shape index (κ2) is 7.84. The Labute approximate surface area is 125 Å². The molecular weight excluding hydrogens is 266 g/mol. The number of fused-ring (bicyclic) bond motifs is 1. The Kier molecular flexibility index (Phi) is 5.81. The fourth-order valence-corrected chi connectivity index (χ4v) is 2.06. The molecule has 0 fully saturated rings. The van der Waals surface area contributed by atoms with Crippen LogP contribution < -0.4 is 5.32 Å². The second-order valence-corrected chi connectivity index (χ2v) is 5.23. The van der Waals surface area contributed by atoms with Gasteiger partial charge in [0.2, 0.25) is 0 Å². The zero-order chi connectivity index (χ0) is 15.1. The molecule has 0 spiro atoms. The number of hydrogen-bond acceptors (Lipinski definition) is 3. The van der Waals surface area contributed by atoms with Gasteiger partial charge in [0.25, 0.3) is 5.91 Å². The van der Waals surface area contributed by atoms with Gasteiger partial charge in [0.15, 0.2) is 5.76 Å². The predicted octanol–water partition coefficient (Wildman–Crippen LogP) is 3.68. The lowest BCUT2D eigenvalue weighted by Gasteiger charge is -2.04. The summed E-state index contributed by atoms with van der Waals surface area (Å²) < 4.78 is 11.0. The van der Waals surface area contributed by atoms with Crippen molar-refractivity contribution in [2.75, 3.05) is 19.8 Å². The summed E-state index contributed by atoms with van der Waals surface area (Å²) in [7, 11) is 0. The van der Waals surface area contributed by atoms with Gasteiger partial charge in [-0.15, -0.1) is 0 Å². The van der Waals surface area contributed by atoms with Crippen molar-refractivity contribution in [2.24, 2.45) is 0 Å². The molecule has 1 N–H and O–H groups in total. The Hall–Kier alpha value is -1.81. The van der Waals surface area contributed by atoms with E-state index in [1.807, 2.05) is 25.1 Å². The van der Waals surface area contributed by atoms with Crippen LogP contribution in [0.3, 0.4) is 0 Å².